The summed E-state index contributed by atoms with van der Waals surface area (Å²) < 4.78 is 0.661. The van der Waals surface area contributed by atoms with Crippen LogP contribution in [0.4, 0.5) is 0 Å². The highest BCUT2D eigenvalue weighted by molar-refractivity contribution is 5.74. The van der Waals surface area contributed by atoms with Gasteiger partial charge >= 0.3 is 0 Å². The number of hydrogen-bond acceptors (Lipinski definition) is 3. The molecular weight excluding hydrogens is 168 g/mol. The third kappa shape index (κ3) is 2.27. The van der Waals surface area contributed by atoms with Crippen molar-refractivity contribution in [2.45, 2.75) is 20.0 Å². The lowest BCUT2D eigenvalue weighted by atomic mass is 10.2. The smallest absolute Gasteiger partial charge is 0.195 e. The van der Waals surface area contributed by atoms with E-state index < -0.39 is 0 Å². The van der Waals surface area contributed by atoms with E-state index >= 15 is 0 Å². The molecule has 0 bridgehead atoms. The van der Waals surface area contributed by atoms with Gasteiger partial charge in [-0.1, -0.05) is 0 Å². The molecule has 0 amide bonds. The fraction of sp³-hybridized carbons (Fsp3) is 0.889. The summed E-state index contributed by atoms with van der Waals surface area (Å²) in [6.07, 6.45) is -0.338. The van der Waals surface area contributed by atoms with Gasteiger partial charge in [0.05, 0.1) is 13.2 Å². The second-order valence-corrected chi connectivity index (χ2v) is 3.78. The van der Waals surface area contributed by atoms with Crippen LogP contribution < -0.4 is 0 Å². The van der Waals surface area contributed by atoms with E-state index in [1.807, 2.05) is 6.92 Å². The van der Waals surface area contributed by atoms with Crippen LogP contribution in [0, 0.1) is 0 Å². The lowest BCUT2D eigenvalue weighted by Crippen LogP contribution is -2.54. The van der Waals surface area contributed by atoms with E-state index in [4.69, 9.17) is 5.11 Å². The molecule has 0 aromatic carbocycles. The largest absolute Gasteiger partial charge is 0.390 e. The quantitative estimate of drug-likeness (QED) is 0.589. The summed E-state index contributed by atoms with van der Waals surface area (Å²) in [6.45, 7) is 6.97. The maximum atomic E-state index is 9.37. The van der Waals surface area contributed by atoms with Gasteiger partial charge in [0.25, 0.3) is 0 Å². The van der Waals surface area contributed by atoms with E-state index in [1.54, 1.807) is 6.92 Å². The number of rotatable bonds is 4. The first-order valence-corrected chi connectivity index (χ1v) is 4.77. The molecule has 1 aliphatic rings. The molecule has 0 saturated heterocycles. The number of nitrogens with zero attached hydrogens (tertiary/aromatic N) is 2. The molecule has 1 aliphatic heterocycles. The van der Waals surface area contributed by atoms with Crippen LogP contribution in [0.15, 0.2) is 4.99 Å². The summed E-state index contributed by atoms with van der Waals surface area (Å²) in [5.41, 5.74) is 0. The Kier molecular flexibility index (Phi) is 3.41. The average Bonchev–Trinajstić information content (AvgIpc) is 2.32. The highest BCUT2D eigenvalue weighted by atomic mass is 16.3. The zero-order valence-corrected chi connectivity index (χ0v) is 8.40. The molecule has 0 fully saturated rings. The Balaban J connectivity index is 2.69. The van der Waals surface area contributed by atoms with E-state index in [2.05, 4.69) is 4.99 Å². The Labute approximate surface area is 79.1 Å². The van der Waals surface area contributed by atoms with Gasteiger partial charge in [-0.2, -0.15) is 0 Å². The first-order valence-electron chi connectivity index (χ1n) is 4.77. The molecule has 1 rings (SSSR count). The third-order valence-corrected chi connectivity index (χ3v) is 2.70. The Hall–Kier alpha value is -0.450. The Morgan fingerprint density at radius 3 is 2.69 bits per heavy atom. The standard InChI is InChI=1S/C9H19N2O2/c1-8(13)7-11(5-6-12)4-3-10-9(11)2/h8,12-13H,3-7H2,1-2H3/q+1. The van der Waals surface area contributed by atoms with Gasteiger partial charge in [-0.25, -0.2) is 4.99 Å². The highest BCUT2D eigenvalue weighted by Gasteiger charge is 2.35. The van der Waals surface area contributed by atoms with Gasteiger partial charge in [0, 0.05) is 6.92 Å². The van der Waals surface area contributed by atoms with Crippen LogP contribution in [0.2, 0.25) is 0 Å². The summed E-state index contributed by atoms with van der Waals surface area (Å²) in [5, 5.41) is 18.3. The number of quaternary nitrogens is 1. The number of aliphatic hydroxyl groups excluding tert-OH is 2. The topological polar surface area (TPSA) is 52.8 Å². The van der Waals surface area contributed by atoms with Gasteiger partial charge in [0.2, 0.25) is 0 Å². The van der Waals surface area contributed by atoms with Crippen molar-refractivity contribution in [3.05, 3.63) is 0 Å². The van der Waals surface area contributed by atoms with Gasteiger partial charge in [-0.15, -0.1) is 0 Å². The van der Waals surface area contributed by atoms with Crippen molar-refractivity contribution in [3.8, 4) is 0 Å². The zero-order chi connectivity index (χ0) is 9.90. The van der Waals surface area contributed by atoms with Crippen LogP contribution in [0.25, 0.3) is 0 Å². The van der Waals surface area contributed by atoms with E-state index in [1.165, 1.54) is 0 Å². The van der Waals surface area contributed by atoms with Crippen molar-refractivity contribution < 1.29 is 14.7 Å². The fourth-order valence-corrected chi connectivity index (χ4v) is 2.00. The second kappa shape index (κ2) is 4.17. The average molecular weight is 187 g/mol. The normalized spacial score (nSPS) is 30.3. The molecule has 13 heavy (non-hydrogen) atoms. The molecule has 2 atom stereocenters. The number of aliphatic imine (C=N–C) groups is 1. The molecule has 76 valence electrons. The van der Waals surface area contributed by atoms with Crippen LogP contribution in [-0.4, -0.2) is 59.4 Å². The number of amidine groups is 1. The van der Waals surface area contributed by atoms with Crippen LogP contribution in [0.1, 0.15) is 13.8 Å². The molecule has 0 aromatic heterocycles. The van der Waals surface area contributed by atoms with Gasteiger partial charge in [-0.3, -0.25) is 4.48 Å². The van der Waals surface area contributed by atoms with E-state index in [0.717, 1.165) is 18.9 Å². The summed E-state index contributed by atoms with van der Waals surface area (Å²) in [6, 6.07) is 0. The summed E-state index contributed by atoms with van der Waals surface area (Å²) >= 11 is 0. The van der Waals surface area contributed by atoms with E-state index in [9.17, 15) is 5.11 Å². The molecule has 0 aromatic rings. The minimum absolute atomic E-state index is 0.152. The zero-order valence-electron chi connectivity index (χ0n) is 8.40. The molecule has 0 saturated carbocycles. The Bertz CT molecular complexity index is 204. The highest BCUT2D eigenvalue weighted by Crippen LogP contribution is 2.15. The fourth-order valence-electron chi connectivity index (χ4n) is 2.00. The third-order valence-electron chi connectivity index (χ3n) is 2.70. The van der Waals surface area contributed by atoms with Gasteiger partial charge in [0.1, 0.15) is 25.7 Å². The summed E-state index contributed by atoms with van der Waals surface area (Å²) in [4.78, 5) is 4.33. The Morgan fingerprint density at radius 1 is 1.62 bits per heavy atom. The maximum absolute atomic E-state index is 9.37. The van der Waals surface area contributed by atoms with Crippen LogP contribution >= 0.6 is 0 Å². The van der Waals surface area contributed by atoms with Crippen molar-refractivity contribution in [1.82, 2.24) is 0 Å². The molecule has 2 N–H and O–H groups in total. The molecule has 0 spiro atoms. The second-order valence-electron chi connectivity index (χ2n) is 3.78. The van der Waals surface area contributed by atoms with Gasteiger partial charge in [-0.05, 0) is 6.92 Å². The monoisotopic (exact) mass is 187 g/mol. The lowest BCUT2D eigenvalue weighted by molar-refractivity contribution is -0.839. The summed E-state index contributed by atoms with van der Waals surface area (Å²) in [5.74, 6) is 1.04. The first-order chi connectivity index (χ1) is 6.10. The van der Waals surface area contributed by atoms with Crippen molar-refractivity contribution in [2.24, 2.45) is 4.99 Å². The minimum atomic E-state index is -0.338. The molecular formula is C9H19N2O2+. The Morgan fingerprint density at radius 2 is 2.31 bits per heavy atom. The van der Waals surface area contributed by atoms with Crippen molar-refractivity contribution in [2.75, 3.05) is 32.8 Å². The molecule has 2 unspecified atom stereocenters. The van der Waals surface area contributed by atoms with E-state index in [0.29, 0.717) is 17.6 Å². The first kappa shape index (κ1) is 10.6. The summed E-state index contributed by atoms with van der Waals surface area (Å²) in [7, 11) is 0. The van der Waals surface area contributed by atoms with Crippen LogP contribution in [-0.2, 0) is 0 Å². The van der Waals surface area contributed by atoms with Crippen molar-refractivity contribution in [1.29, 1.82) is 0 Å². The van der Waals surface area contributed by atoms with Gasteiger partial charge in [0.15, 0.2) is 5.84 Å². The lowest BCUT2D eigenvalue weighted by Gasteiger charge is -2.34. The predicted octanol–water partition coefficient (Wildman–Crippen LogP) is -0.392. The van der Waals surface area contributed by atoms with Gasteiger partial charge < -0.3 is 10.2 Å². The van der Waals surface area contributed by atoms with E-state index in [-0.39, 0.29) is 12.7 Å². The van der Waals surface area contributed by atoms with Crippen LogP contribution in [0.3, 0.4) is 0 Å². The molecule has 4 nitrogen and oxygen atoms in total. The number of hydrogen-bond donors (Lipinski definition) is 2. The predicted molar refractivity (Wildman–Crippen MR) is 51.6 cm³/mol. The molecule has 0 aliphatic carbocycles. The minimum Gasteiger partial charge on any atom is -0.390 e. The van der Waals surface area contributed by atoms with Crippen molar-refractivity contribution >= 4 is 5.84 Å². The SMILES string of the molecule is CC1=NCC[N+]1(CCO)CC(C)O. The van der Waals surface area contributed by atoms with Crippen molar-refractivity contribution in [3.63, 3.8) is 0 Å². The molecule has 0 radical (unpaired) electrons. The maximum Gasteiger partial charge on any atom is 0.195 e. The molecule has 4 heteroatoms. The van der Waals surface area contributed by atoms with Crippen LogP contribution in [0.5, 0.6) is 0 Å². The number of aliphatic hydroxyl groups is 2. The molecule has 1 heterocycles.